The summed E-state index contributed by atoms with van der Waals surface area (Å²) < 4.78 is 33.7. The van der Waals surface area contributed by atoms with Crippen LogP contribution in [-0.2, 0) is 23.6 Å². The number of anilines is 1. The molecule has 0 bridgehead atoms. The van der Waals surface area contributed by atoms with Gasteiger partial charge in [-0.3, -0.25) is 4.68 Å². The van der Waals surface area contributed by atoms with E-state index in [0.717, 1.165) is 5.56 Å². The Bertz CT molecular complexity index is 709. The van der Waals surface area contributed by atoms with Crippen LogP contribution in [-0.4, -0.2) is 25.3 Å². The van der Waals surface area contributed by atoms with Gasteiger partial charge in [0.1, 0.15) is 10.6 Å². The number of rotatable bonds is 5. The van der Waals surface area contributed by atoms with E-state index in [1.165, 1.54) is 19.2 Å². The molecule has 20 heavy (non-hydrogen) atoms. The smallest absolute Gasteiger partial charge is 0.244 e. The zero-order valence-electron chi connectivity index (χ0n) is 11.2. The van der Waals surface area contributed by atoms with Gasteiger partial charge in [0.15, 0.2) is 0 Å². The molecule has 0 unspecified atom stereocenters. The van der Waals surface area contributed by atoms with Crippen LogP contribution in [0.4, 0.5) is 5.69 Å². The second kappa shape index (κ2) is 5.51. The Hall–Kier alpha value is -2.06. The summed E-state index contributed by atoms with van der Waals surface area (Å²) in [6.45, 7) is 0.147. The van der Waals surface area contributed by atoms with E-state index in [1.807, 2.05) is 0 Å². The molecule has 0 spiro atoms. The van der Waals surface area contributed by atoms with Crippen molar-refractivity contribution in [1.29, 1.82) is 0 Å². The van der Waals surface area contributed by atoms with Crippen LogP contribution in [0.25, 0.3) is 0 Å². The van der Waals surface area contributed by atoms with E-state index in [9.17, 15) is 8.42 Å². The highest BCUT2D eigenvalue weighted by Crippen LogP contribution is 2.25. The van der Waals surface area contributed by atoms with E-state index in [2.05, 4.69) is 9.82 Å². The predicted molar refractivity (Wildman–Crippen MR) is 74.6 cm³/mol. The lowest BCUT2D eigenvalue weighted by atomic mass is 10.3. The summed E-state index contributed by atoms with van der Waals surface area (Å²) in [6.07, 6.45) is 3.33. The molecule has 2 aromatic rings. The van der Waals surface area contributed by atoms with Gasteiger partial charge in [-0.05, 0) is 18.2 Å². The van der Waals surface area contributed by atoms with Crippen LogP contribution >= 0.6 is 0 Å². The summed E-state index contributed by atoms with van der Waals surface area (Å²) in [7, 11) is -0.535. The highest BCUT2D eigenvalue weighted by molar-refractivity contribution is 7.89. The van der Waals surface area contributed by atoms with Crippen LogP contribution in [0, 0.1) is 0 Å². The van der Waals surface area contributed by atoms with Gasteiger partial charge in [-0.15, -0.1) is 0 Å². The van der Waals surface area contributed by atoms with E-state index in [0.29, 0.717) is 5.69 Å². The fourth-order valence-corrected chi connectivity index (χ4v) is 2.94. The molecule has 0 fully saturated rings. The minimum Gasteiger partial charge on any atom is -0.495 e. The molecule has 0 saturated heterocycles. The second-order valence-corrected chi connectivity index (χ2v) is 5.99. The van der Waals surface area contributed by atoms with Crippen molar-refractivity contribution in [3.05, 3.63) is 36.2 Å². The first-order valence-corrected chi connectivity index (χ1v) is 7.31. The summed E-state index contributed by atoms with van der Waals surface area (Å²) in [5.74, 6) is 0.248. The van der Waals surface area contributed by atoms with Crippen molar-refractivity contribution in [2.24, 2.45) is 7.05 Å². The van der Waals surface area contributed by atoms with Crippen LogP contribution in [0.1, 0.15) is 5.56 Å². The topological polar surface area (TPSA) is 99.2 Å². The zero-order chi connectivity index (χ0) is 14.8. The molecule has 0 saturated carbocycles. The van der Waals surface area contributed by atoms with Gasteiger partial charge in [-0.2, -0.15) is 5.10 Å². The quantitative estimate of drug-likeness (QED) is 0.782. The maximum Gasteiger partial charge on any atom is 0.244 e. The zero-order valence-corrected chi connectivity index (χ0v) is 12.0. The molecule has 0 amide bonds. The maximum atomic E-state index is 12.3. The number of nitrogens with zero attached hydrogens (tertiary/aromatic N) is 2. The molecule has 1 aromatic carbocycles. The molecule has 1 heterocycles. The summed E-state index contributed by atoms with van der Waals surface area (Å²) in [5.41, 5.74) is 6.75. The standard InChI is InChI=1S/C12H16N4O3S/c1-16-8-9(6-14-16)7-15-20(17,18)12-5-10(13)3-4-11(12)19-2/h3-6,8,15H,7,13H2,1-2H3. The van der Waals surface area contributed by atoms with Crippen molar-refractivity contribution < 1.29 is 13.2 Å². The van der Waals surface area contributed by atoms with E-state index >= 15 is 0 Å². The van der Waals surface area contributed by atoms with Gasteiger partial charge < -0.3 is 10.5 Å². The van der Waals surface area contributed by atoms with Crippen LogP contribution < -0.4 is 15.2 Å². The number of sulfonamides is 1. The molecule has 0 aliphatic rings. The third kappa shape index (κ3) is 3.09. The van der Waals surface area contributed by atoms with Crippen LogP contribution in [0.3, 0.4) is 0 Å². The van der Waals surface area contributed by atoms with Gasteiger partial charge in [0, 0.05) is 31.0 Å². The summed E-state index contributed by atoms with van der Waals surface area (Å²) in [5, 5.41) is 3.98. The predicted octanol–water partition coefficient (Wildman–Crippen LogP) is 0.489. The molecule has 3 N–H and O–H groups in total. The highest BCUT2D eigenvalue weighted by atomic mass is 32.2. The van der Waals surface area contributed by atoms with Crippen LogP contribution in [0.15, 0.2) is 35.5 Å². The van der Waals surface area contributed by atoms with E-state index in [1.54, 1.807) is 30.2 Å². The lowest BCUT2D eigenvalue weighted by Crippen LogP contribution is -2.23. The SMILES string of the molecule is COc1ccc(N)cc1S(=O)(=O)NCc1cnn(C)c1. The minimum atomic E-state index is -3.71. The molecule has 0 aliphatic heterocycles. The first-order valence-electron chi connectivity index (χ1n) is 5.83. The Morgan fingerprint density at radius 2 is 2.20 bits per heavy atom. The Morgan fingerprint density at radius 1 is 1.45 bits per heavy atom. The number of benzene rings is 1. The van der Waals surface area contributed by atoms with E-state index < -0.39 is 10.0 Å². The molecule has 8 heteroatoms. The number of nitrogen functional groups attached to an aromatic ring is 1. The molecule has 1 aromatic heterocycles. The second-order valence-electron chi connectivity index (χ2n) is 4.26. The van der Waals surface area contributed by atoms with Gasteiger partial charge in [0.2, 0.25) is 10.0 Å². The number of hydrogen-bond donors (Lipinski definition) is 2. The average Bonchev–Trinajstić information content (AvgIpc) is 2.82. The van der Waals surface area contributed by atoms with E-state index in [4.69, 9.17) is 10.5 Å². The van der Waals surface area contributed by atoms with Crippen LogP contribution in [0.5, 0.6) is 5.75 Å². The van der Waals surface area contributed by atoms with Gasteiger partial charge in [-0.25, -0.2) is 13.1 Å². The number of methoxy groups -OCH3 is 1. The Morgan fingerprint density at radius 3 is 2.80 bits per heavy atom. The number of ether oxygens (including phenoxy) is 1. The summed E-state index contributed by atoms with van der Waals surface area (Å²) in [6, 6.07) is 4.47. The fraction of sp³-hybridized carbons (Fsp3) is 0.250. The van der Waals surface area contributed by atoms with Gasteiger partial charge in [0.05, 0.1) is 13.3 Å². The minimum absolute atomic E-state index is 0.0175. The fourth-order valence-electron chi connectivity index (χ4n) is 1.72. The number of nitrogens with one attached hydrogen (secondary N) is 1. The normalized spacial score (nSPS) is 11.5. The third-order valence-corrected chi connectivity index (χ3v) is 4.12. The number of aryl methyl sites for hydroxylation is 1. The Balaban J connectivity index is 2.24. The molecule has 108 valence electrons. The molecule has 7 nitrogen and oxygen atoms in total. The maximum absolute atomic E-state index is 12.3. The monoisotopic (exact) mass is 296 g/mol. The van der Waals surface area contributed by atoms with Crippen molar-refractivity contribution in [3.8, 4) is 5.75 Å². The lowest BCUT2D eigenvalue weighted by Gasteiger charge is -2.10. The van der Waals surface area contributed by atoms with Crippen molar-refractivity contribution >= 4 is 15.7 Å². The van der Waals surface area contributed by atoms with Gasteiger partial charge in [-0.1, -0.05) is 0 Å². The molecule has 2 rings (SSSR count). The first kappa shape index (κ1) is 14.4. The number of nitrogens with two attached hydrogens (primary N) is 1. The largest absolute Gasteiger partial charge is 0.495 e. The van der Waals surface area contributed by atoms with Crippen molar-refractivity contribution in [1.82, 2.24) is 14.5 Å². The molecule has 0 radical (unpaired) electrons. The van der Waals surface area contributed by atoms with Crippen molar-refractivity contribution in [2.75, 3.05) is 12.8 Å². The third-order valence-electron chi connectivity index (χ3n) is 2.70. The molecular formula is C12H16N4O3S. The molecule has 0 aliphatic carbocycles. The molecule has 0 atom stereocenters. The Kier molecular flexibility index (Phi) is 3.96. The van der Waals surface area contributed by atoms with E-state index in [-0.39, 0.29) is 17.2 Å². The highest BCUT2D eigenvalue weighted by Gasteiger charge is 2.19. The number of aromatic nitrogens is 2. The summed E-state index contributed by atoms with van der Waals surface area (Å²) >= 11 is 0. The summed E-state index contributed by atoms with van der Waals surface area (Å²) in [4.78, 5) is 0.0175. The van der Waals surface area contributed by atoms with Gasteiger partial charge in [0.25, 0.3) is 0 Å². The van der Waals surface area contributed by atoms with Crippen LogP contribution in [0.2, 0.25) is 0 Å². The molecular weight excluding hydrogens is 280 g/mol. The Labute approximate surface area is 117 Å². The van der Waals surface area contributed by atoms with Crippen molar-refractivity contribution in [2.45, 2.75) is 11.4 Å². The number of hydrogen-bond acceptors (Lipinski definition) is 5. The lowest BCUT2D eigenvalue weighted by molar-refractivity contribution is 0.402. The van der Waals surface area contributed by atoms with Gasteiger partial charge >= 0.3 is 0 Å². The van der Waals surface area contributed by atoms with Crippen molar-refractivity contribution in [3.63, 3.8) is 0 Å². The average molecular weight is 296 g/mol. The first-order chi connectivity index (χ1) is 9.42.